The Labute approximate surface area is 255 Å². The van der Waals surface area contributed by atoms with Crippen molar-refractivity contribution < 1.29 is 28.0 Å². The molecule has 0 radical (unpaired) electrons. The van der Waals surface area contributed by atoms with Gasteiger partial charge in [0, 0.05) is 31.3 Å². The summed E-state index contributed by atoms with van der Waals surface area (Å²) in [5.74, 6) is -5.02. The Morgan fingerprint density at radius 1 is 0.977 bits per heavy atom. The molecule has 2 aromatic rings. The topological polar surface area (TPSA) is 134 Å². The lowest BCUT2D eigenvalue weighted by Crippen LogP contribution is -2.50. The van der Waals surface area contributed by atoms with E-state index in [-0.39, 0.29) is 23.8 Å². The number of hydrogen-bond acceptors (Lipinski definition) is 5. The number of aryl methyl sites for hydroxylation is 1. The fraction of sp³-hybridized carbons (Fsp3) is 0.594. The number of halogens is 2. The lowest BCUT2D eigenvalue weighted by Gasteiger charge is -2.28. The van der Waals surface area contributed by atoms with Gasteiger partial charge < -0.3 is 21.3 Å². The van der Waals surface area contributed by atoms with Crippen LogP contribution in [0.3, 0.4) is 0 Å². The molecule has 3 saturated carbocycles. The molecule has 4 atom stereocenters. The SMILES string of the molecule is CC(=O)NC(C(=O)N[C@@H]1CCc2cc(NC(=O)[C@@H](NC(=O)c3ccnn3C(C)C)C(C3CC3)C3CC3)ccc21)C1CC1(F)F. The molecular weight excluding hydrogens is 570 g/mol. The maximum absolute atomic E-state index is 13.8. The molecule has 0 bridgehead atoms. The van der Waals surface area contributed by atoms with Crippen molar-refractivity contribution in [3.63, 3.8) is 0 Å². The summed E-state index contributed by atoms with van der Waals surface area (Å²) in [4.78, 5) is 51.8. The molecule has 1 heterocycles. The first-order valence-corrected chi connectivity index (χ1v) is 15.7. The van der Waals surface area contributed by atoms with Gasteiger partial charge in [0.25, 0.3) is 11.8 Å². The summed E-state index contributed by atoms with van der Waals surface area (Å²) in [5.41, 5.74) is 2.79. The monoisotopic (exact) mass is 610 g/mol. The van der Waals surface area contributed by atoms with Gasteiger partial charge in [-0.25, -0.2) is 8.78 Å². The van der Waals surface area contributed by atoms with Gasteiger partial charge in [-0.2, -0.15) is 5.10 Å². The number of anilines is 1. The Hall–Kier alpha value is -3.83. The number of carbonyl (C=O) groups excluding carboxylic acids is 4. The molecule has 10 nitrogen and oxygen atoms in total. The highest BCUT2D eigenvalue weighted by atomic mass is 19.3. The largest absolute Gasteiger partial charge is 0.347 e. The summed E-state index contributed by atoms with van der Waals surface area (Å²) in [6, 6.07) is 4.75. The van der Waals surface area contributed by atoms with Crippen LogP contribution in [0.25, 0.3) is 0 Å². The van der Waals surface area contributed by atoms with E-state index < -0.39 is 48.2 Å². The maximum atomic E-state index is 13.8. The molecule has 4 aliphatic rings. The number of rotatable bonds is 12. The molecule has 0 saturated heterocycles. The molecule has 4 aliphatic carbocycles. The fourth-order valence-corrected chi connectivity index (χ4v) is 6.84. The second kappa shape index (κ2) is 11.6. The lowest BCUT2D eigenvalue weighted by atomic mass is 9.88. The van der Waals surface area contributed by atoms with Crippen LogP contribution in [0.15, 0.2) is 30.5 Å². The van der Waals surface area contributed by atoms with Crippen LogP contribution in [-0.4, -0.2) is 51.4 Å². The zero-order chi connectivity index (χ0) is 31.3. The highest BCUT2D eigenvalue weighted by molar-refractivity contribution is 6.01. The first kappa shape index (κ1) is 30.2. The number of amides is 4. The van der Waals surface area contributed by atoms with E-state index in [0.29, 0.717) is 36.1 Å². The highest BCUT2D eigenvalue weighted by Crippen LogP contribution is 2.52. The van der Waals surface area contributed by atoms with E-state index in [1.165, 1.54) is 6.92 Å². The highest BCUT2D eigenvalue weighted by Gasteiger charge is 2.62. The molecule has 12 heteroatoms. The zero-order valence-electron chi connectivity index (χ0n) is 25.2. The van der Waals surface area contributed by atoms with Crippen LogP contribution in [0.5, 0.6) is 0 Å². The van der Waals surface area contributed by atoms with Crippen molar-refractivity contribution in [2.45, 2.75) is 95.8 Å². The van der Waals surface area contributed by atoms with Crippen molar-refractivity contribution in [3.05, 3.63) is 47.3 Å². The number of nitrogens with one attached hydrogen (secondary N) is 4. The van der Waals surface area contributed by atoms with Crippen molar-refractivity contribution in [3.8, 4) is 0 Å². The van der Waals surface area contributed by atoms with E-state index in [2.05, 4.69) is 26.4 Å². The van der Waals surface area contributed by atoms with Gasteiger partial charge in [0.1, 0.15) is 17.8 Å². The van der Waals surface area contributed by atoms with Crippen molar-refractivity contribution >= 4 is 29.3 Å². The van der Waals surface area contributed by atoms with E-state index in [1.54, 1.807) is 23.0 Å². The number of nitrogens with zero attached hydrogens (tertiary/aromatic N) is 2. The first-order chi connectivity index (χ1) is 20.9. The Kier molecular flexibility index (Phi) is 7.96. The molecular formula is C32H40F2N6O4. The zero-order valence-corrected chi connectivity index (χ0v) is 25.2. The molecule has 0 spiro atoms. The number of aromatic nitrogens is 2. The van der Waals surface area contributed by atoms with Gasteiger partial charge in [-0.05, 0) is 99.5 Å². The van der Waals surface area contributed by atoms with Crippen LogP contribution >= 0.6 is 0 Å². The number of alkyl halides is 2. The molecule has 236 valence electrons. The minimum Gasteiger partial charge on any atom is -0.347 e. The minimum atomic E-state index is -2.96. The van der Waals surface area contributed by atoms with E-state index in [4.69, 9.17) is 0 Å². The van der Waals surface area contributed by atoms with E-state index >= 15 is 0 Å². The van der Waals surface area contributed by atoms with Crippen LogP contribution in [0.2, 0.25) is 0 Å². The van der Waals surface area contributed by atoms with Gasteiger partial charge in [-0.3, -0.25) is 23.9 Å². The van der Waals surface area contributed by atoms with Crippen molar-refractivity contribution in [1.29, 1.82) is 0 Å². The summed E-state index contributed by atoms with van der Waals surface area (Å²) in [6.45, 7) is 5.10. The van der Waals surface area contributed by atoms with Crippen LogP contribution in [0.4, 0.5) is 14.5 Å². The molecule has 3 fully saturated rings. The third kappa shape index (κ3) is 6.34. The smallest absolute Gasteiger partial charge is 0.270 e. The Balaban J connectivity index is 1.15. The molecule has 1 aromatic heterocycles. The number of fused-ring (bicyclic) bond motifs is 1. The van der Waals surface area contributed by atoms with Crippen LogP contribution in [0.1, 0.15) is 93.0 Å². The lowest BCUT2D eigenvalue weighted by molar-refractivity contribution is -0.129. The molecule has 1 aromatic carbocycles. The quantitative estimate of drug-likeness (QED) is 0.289. The maximum Gasteiger partial charge on any atom is 0.270 e. The van der Waals surface area contributed by atoms with Crippen molar-refractivity contribution in [2.75, 3.05) is 5.32 Å². The van der Waals surface area contributed by atoms with Gasteiger partial charge in [-0.15, -0.1) is 0 Å². The standard InChI is InChI=1S/C32H40F2N6O4/c1-16(2)40-25(12-13-35-40)29(42)39-28(26(18-4-5-18)19-6-7-19)31(44)37-21-9-10-22-20(14-21)8-11-24(22)38-30(43)27(36-17(3)41)23-15-32(23,33)34/h9-10,12-14,16,18-19,23-24,26-28H,4-8,11,15H2,1-3H3,(H,36,41)(H,37,44)(H,38,43)(H,39,42)/t23?,24-,27?,28+/m1/s1. The Morgan fingerprint density at radius 2 is 1.66 bits per heavy atom. The minimum absolute atomic E-state index is 0.00773. The average molecular weight is 611 g/mol. The predicted molar refractivity (Wildman–Crippen MR) is 158 cm³/mol. The van der Waals surface area contributed by atoms with Crippen LogP contribution in [-0.2, 0) is 20.8 Å². The summed E-state index contributed by atoms with van der Waals surface area (Å²) in [6.07, 6.45) is 6.57. The van der Waals surface area contributed by atoms with Gasteiger partial charge in [0.2, 0.25) is 17.7 Å². The van der Waals surface area contributed by atoms with Gasteiger partial charge in [-0.1, -0.05) is 6.07 Å². The third-order valence-electron chi connectivity index (χ3n) is 9.40. The summed E-state index contributed by atoms with van der Waals surface area (Å²) in [5, 5.41) is 15.6. The molecule has 4 amide bonds. The predicted octanol–water partition coefficient (Wildman–Crippen LogP) is 3.90. The summed E-state index contributed by atoms with van der Waals surface area (Å²) < 4.78 is 29.2. The van der Waals surface area contributed by atoms with E-state index in [1.807, 2.05) is 26.0 Å². The molecule has 4 N–H and O–H groups in total. The average Bonchev–Trinajstić information content (AvgIpc) is 3.93. The molecule has 44 heavy (non-hydrogen) atoms. The molecule has 6 rings (SSSR count). The summed E-state index contributed by atoms with van der Waals surface area (Å²) >= 11 is 0. The van der Waals surface area contributed by atoms with Crippen LogP contribution < -0.4 is 21.3 Å². The Bertz CT molecular complexity index is 1450. The second-order valence-electron chi connectivity index (χ2n) is 13.2. The fourth-order valence-electron chi connectivity index (χ4n) is 6.84. The first-order valence-electron chi connectivity index (χ1n) is 15.7. The molecule has 2 unspecified atom stereocenters. The van der Waals surface area contributed by atoms with E-state index in [9.17, 15) is 28.0 Å². The number of hydrogen-bond donors (Lipinski definition) is 4. The van der Waals surface area contributed by atoms with Gasteiger partial charge in [0.15, 0.2) is 0 Å². The van der Waals surface area contributed by atoms with Gasteiger partial charge >= 0.3 is 0 Å². The van der Waals surface area contributed by atoms with Crippen molar-refractivity contribution in [2.24, 2.45) is 23.7 Å². The van der Waals surface area contributed by atoms with Gasteiger partial charge in [0.05, 0.1) is 12.0 Å². The normalized spacial score (nSPS) is 23.1. The summed E-state index contributed by atoms with van der Waals surface area (Å²) in [7, 11) is 0. The number of benzene rings is 1. The number of carbonyl (C=O) groups is 4. The second-order valence-corrected chi connectivity index (χ2v) is 13.2. The van der Waals surface area contributed by atoms with Crippen LogP contribution in [0, 0.1) is 23.7 Å². The van der Waals surface area contributed by atoms with E-state index in [0.717, 1.165) is 36.8 Å². The Morgan fingerprint density at radius 3 is 2.25 bits per heavy atom. The molecule has 0 aliphatic heterocycles. The van der Waals surface area contributed by atoms with Crippen molar-refractivity contribution in [1.82, 2.24) is 25.7 Å². The third-order valence-corrected chi connectivity index (χ3v) is 9.40.